The molecule has 1 N–H and O–H groups in total. The Kier molecular flexibility index (Phi) is 5.81. The minimum absolute atomic E-state index is 0.154. The molecule has 11 heteroatoms. The Labute approximate surface area is 195 Å². The molecule has 0 aliphatic carbocycles. The van der Waals surface area contributed by atoms with Crippen LogP contribution in [0.25, 0.3) is 28.5 Å². The summed E-state index contributed by atoms with van der Waals surface area (Å²) in [4.78, 5) is 22.2. The number of benzene rings is 1. The van der Waals surface area contributed by atoms with Gasteiger partial charge in [0, 0.05) is 30.2 Å². The standard InChI is InChI=1S/C23H24N10O/c1-3-6-20-14-32(22-25-15-26-33(22)4-2)23(34)31(20)13-19-12-17(9-10-24-19)16-7-5-8-18(11-16)21-27-29-30-28-21/h5,7-12,14-15H,3-4,6,13H2,1-2H3,(H,27,28,29,30). The third-order valence-electron chi connectivity index (χ3n) is 5.63. The van der Waals surface area contributed by atoms with Gasteiger partial charge < -0.3 is 0 Å². The average molecular weight is 457 g/mol. The van der Waals surface area contributed by atoms with Crippen LogP contribution in [0, 0.1) is 0 Å². The molecule has 0 bridgehead atoms. The summed E-state index contributed by atoms with van der Waals surface area (Å²) in [7, 11) is 0. The van der Waals surface area contributed by atoms with Crippen molar-refractivity contribution in [3.05, 3.63) is 77.0 Å². The first-order chi connectivity index (χ1) is 16.7. The van der Waals surface area contributed by atoms with Crippen LogP contribution in [0.4, 0.5) is 0 Å². The van der Waals surface area contributed by atoms with Crippen LogP contribution < -0.4 is 5.69 Å². The third-order valence-corrected chi connectivity index (χ3v) is 5.63. The maximum atomic E-state index is 13.4. The molecule has 0 spiro atoms. The lowest BCUT2D eigenvalue weighted by molar-refractivity contribution is 0.619. The molecule has 0 saturated carbocycles. The molecule has 0 fully saturated rings. The summed E-state index contributed by atoms with van der Waals surface area (Å²) in [5, 5.41) is 18.3. The van der Waals surface area contributed by atoms with Crippen molar-refractivity contribution in [3.8, 4) is 28.5 Å². The zero-order valence-corrected chi connectivity index (χ0v) is 19.0. The molecule has 0 aliphatic heterocycles. The van der Waals surface area contributed by atoms with E-state index in [0.29, 0.717) is 24.9 Å². The number of nitrogens with zero attached hydrogens (tertiary/aromatic N) is 9. The van der Waals surface area contributed by atoms with Crippen LogP contribution in [0.15, 0.2) is 59.9 Å². The van der Waals surface area contributed by atoms with Crippen LogP contribution in [-0.2, 0) is 19.5 Å². The highest BCUT2D eigenvalue weighted by Gasteiger charge is 2.17. The van der Waals surface area contributed by atoms with Crippen LogP contribution in [0.1, 0.15) is 31.7 Å². The molecular formula is C23H24N10O. The molecule has 4 aromatic heterocycles. The van der Waals surface area contributed by atoms with Gasteiger partial charge in [-0.05, 0) is 53.1 Å². The van der Waals surface area contributed by atoms with E-state index in [0.717, 1.165) is 40.9 Å². The van der Waals surface area contributed by atoms with Crippen LogP contribution in [0.5, 0.6) is 0 Å². The van der Waals surface area contributed by atoms with Crippen LogP contribution >= 0.6 is 0 Å². The predicted molar refractivity (Wildman–Crippen MR) is 125 cm³/mol. The van der Waals surface area contributed by atoms with E-state index in [1.165, 1.54) is 6.33 Å². The fourth-order valence-electron chi connectivity index (χ4n) is 4.00. The zero-order chi connectivity index (χ0) is 23.5. The monoisotopic (exact) mass is 456 g/mol. The largest absolute Gasteiger partial charge is 0.335 e. The molecule has 0 unspecified atom stereocenters. The predicted octanol–water partition coefficient (Wildman–Crippen LogP) is 2.49. The smallest absolute Gasteiger partial charge is 0.290 e. The van der Waals surface area contributed by atoms with Gasteiger partial charge in [-0.15, -0.1) is 5.10 Å². The lowest BCUT2D eigenvalue weighted by Gasteiger charge is -2.09. The van der Waals surface area contributed by atoms with E-state index in [9.17, 15) is 4.79 Å². The van der Waals surface area contributed by atoms with Crippen molar-refractivity contribution in [2.45, 2.75) is 39.8 Å². The topological polar surface area (TPSA) is 125 Å². The van der Waals surface area contributed by atoms with E-state index in [-0.39, 0.29) is 5.69 Å². The molecule has 34 heavy (non-hydrogen) atoms. The number of pyridine rings is 1. The molecule has 0 saturated heterocycles. The average Bonchev–Trinajstić information content (AvgIpc) is 3.62. The third kappa shape index (κ3) is 4.03. The van der Waals surface area contributed by atoms with Crippen molar-refractivity contribution in [1.82, 2.24) is 49.5 Å². The molecular weight excluding hydrogens is 432 g/mol. The van der Waals surface area contributed by atoms with Crippen molar-refractivity contribution in [1.29, 1.82) is 0 Å². The Morgan fingerprint density at radius 2 is 1.88 bits per heavy atom. The van der Waals surface area contributed by atoms with Gasteiger partial charge in [0.2, 0.25) is 5.95 Å². The van der Waals surface area contributed by atoms with Crippen LogP contribution in [0.3, 0.4) is 0 Å². The SMILES string of the molecule is CCCc1cn(-c2ncnn2CC)c(=O)n1Cc1cc(-c2cccc(-c3nnn[nH]3)c2)ccn1. The lowest BCUT2D eigenvalue weighted by Crippen LogP contribution is -2.26. The first-order valence-corrected chi connectivity index (χ1v) is 11.2. The number of imidazole rings is 1. The first kappa shape index (κ1) is 21.4. The Hall–Kier alpha value is -4.41. The van der Waals surface area contributed by atoms with Crippen molar-refractivity contribution in [2.24, 2.45) is 0 Å². The zero-order valence-electron chi connectivity index (χ0n) is 19.0. The fraction of sp³-hybridized carbons (Fsp3) is 0.261. The minimum Gasteiger partial charge on any atom is -0.290 e. The molecule has 11 nitrogen and oxygen atoms in total. The highest BCUT2D eigenvalue weighted by Crippen LogP contribution is 2.24. The summed E-state index contributed by atoms with van der Waals surface area (Å²) >= 11 is 0. The molecule has 0 amide bonds. The maximum Gasteiger partial charge on any atom is 0.335 e. The second-order valence-electron chi connectivity index (χ2n) is 7.85. The van der Waals surface area contributed by atoms with Gasteiger partial charge in [0.15, 0.2) is 5.82 Å². The van der Waals surface area contributed by atoms with Gasteiger partial charge in [-0.3, -0.25) is 9.55 Å². The van der Waals surface area contributed by atoms with Crippen molar-refractivity contribution in [2.75, 3.05) is 0 Å². The number of H-pyrrole nitrogens is 1. The Bertz CT molecular complexity index is 1460. The number of aryl methyl sites for hydroxylation is 2. The number of tetrazole rings is 1. The summed E-state index contributed by atoms with van der Waals surface area (Å²) < 4.78 is 5.04. The molecule has 0 aliphatic rings. The van der Waals surface area contributed by atoms with E-state index < -0.39 is 0 Å². The number of aromatic amines is 1. The van der Waals surface area contributed by atoms with E-state index in [1.807, 2.05) is 49.5 Å². The quantitative estimate of drug-likeness (QED) is 0.380. The van der Waals surface area contributed by atoms with Crippen molar-refractivity contribution in [3.63, 3.8) is 0 Å². The van der Waals surface area contributed by atoms with Gasteiger partial charge >= 0.3 is 5.69 Å². The molecule has 172 valence electrons. The lowest BCUT2D eigenvalue weighted by atomic mass is 10.0. The summed E-state index contributed by atoms with van der Waals surface area (Å²) in [5.74, 6) is 1.12. The highest BCUT2D eigenvalue weighted by atomic mass is 16.2. The van der Waals surface area contributed by atoms with E-state index in [1.54, 1.807) is 20.0 Å². The molecule has 1 aromatic carbocycles. The number of hydrogen-bond donors (Lipinski definition) is 1. The van der Waals surface area contributed by atoms with Crippen molar-refractivity contribution >= 4 is 0 Å². The van der Waals surface area contributed by atoms with Crippen LogP contribution in [-0.4, -0.2) is 49.5 Å². The summed E-state index contributed by atoms with van der Waals surface area (Å²) in [6.07, 6.45) is 6.79. The maximum absolute atomic E-state index is 13.4. The van der Waals surface area contributed by atoms with Crippen LogP contribution in [0.2, 0.25) is 0 Å². The van der Waals surface area contributed by atoms with Gasteiger partial charge in [0.25, 0.3) is 0 Å². The minimum atomic E-state index is -0.154. The van der Waals surface area contributed by atoms with Gasteiger partial charge in [-0.2, -0.15) is 10.1 Å². The molecule has 4 heterocycles. The Balaban J connectivity index is 1.50. The summed E-state index contributed by atoms with van der Waals surface area (Å²) in [6, 6.07) is 11.9. The molecule has 0 atom stereocenters. The molecule has 0 radical (unpaired) electrons. The van der Waals surface area contributed by atoms with Gasteiger partial charge in [-0.25, -0.2) is 19.1 Å². The van der Waals surface area contributed by atoms with E-state index in [2.05, 4.69) is 42.6 Å². The summed E-state index contributed by atoms with van der Waals surface area (Å²) in [5.41, 5.74) is 4.46. The fourth-order valence-corrected chi connectivity index (χ4v) is 4.00. The Morgan fingerprint density at radius 1 is 1.03 bits per heavy atom. The van der Waals surface area contributed by atoms with Gasteiger partial charge in [0.1, 0.15) is 6.33 Å². The number of nitrogens with one attached hydrogen (secondary N) is 1. The second-order valence-corrected chi connectivity index (χ2v) is 7.85. The second kappa shape index (κ2) is 9.22. The van der Waals surface area contributed by atoms with Crippen molar-refractivity contribution < 1.29 is 0 Å². The normalized spacial score (nSPS) is 11.2. The molecule has 5 rings (SSSR count). The first-order valence-electron chi connectivity index (χ1n) is 11.2. The number of hydrogen-bond acceptors (Lipinski definition) is 7. The van der Waals surface area contributed by atoms with Gasteiger partial charge in [-0.1, -0.05) is 31.5 Å². The van der Waals surface area contributed by atoms with E-state index in [4.69, 9.17) is 0 Å². The number of rotatable bonds is 8. The highest BCUT2D eigenvalue weighted by molar-refractivity contribution is 5.70. The molecule has 5 aromatic rings. The van der Waals surface area contributed by atoms with Gasteiger partial charge in [0.05, 0.1) is 12.2 Å². The number of aromatic nitrogens is 10. The Morgan fingerprint density at radius 3 is 2.68 bits per heavy atom. The van der Waals surface area contributed by atoms with E-state index >= 15 is 0 Å². The summed E-state index contributed by atoms with van der Waals surface area (Å²) in [6.45, 7) is 5.05.